The number of aryl methyl sites for hydroxylation is 1. The van der Waals surface area contributed by atoms with Crippen LogP contribution in [-0.4, -0.2) is 38.2 Å². The summed E-state index contributed by atoms with van der Waals surface area (Å²) in [7, 11) is -1.06. The minimum atomic E-state index is -1.06. The van der Waals surface area contributed by atoms with E-state index in [2.05, 4.69) is 28.3 Å². The molecule has 3 N–H and O–H groups in total. The zero-order chi connectivity index (χ0) is 17.3. The van der Waals surface area contributed by atoms with Gasteiger partial charge in [0, 0.05) is 31.2 Å². The SMILES string of the molecule is Cc1nc(N2CC[Si](C)(C)CC2)c(F)cc1NC1CCC(N)CC1. The third-order valence-electron chi connectivity index (χ3n) is 5.70. The molecule has 2 heterocycles. The van der Waals surface area contributed by atoms with Gasteiger partial charge >= 0.3 is 0 Å². The van der Waals surface area contributed by atoms with Crippen molar-refractivity contribution < 1.29 is 4.39 Å². The van der Waals surface area contributed by atoms with Crippen molar-refractivity contribution >= 4 is 19.6 Å². The molecule has 0 unspecified atom stereocenters. The molecule has 1 saturated heterocycles. The van der Waals surface area contributed by atoms with E-state index in [9.17, 15) is 4.39 Å². The molecule has 0 radical (unpaired) electrons. The molecule has 6 heteroatoms. The zero-order valence-electron chi connectivity index (χ0n) is 15.2. The van der Waals surface area contributed by atoms with Crippen LogP contribution in [0.4, 0.5) is 15.9 Å². The third-order valence-corrected chi connectivity index (χ3v) is 8.85. The Morgan fingerprint density at radius 2 is 1.83 bits per heavy atom. The highest BCUT2D eigenvalue weighted by molar-refractivity contribution is 6.77. The Morgan fingerprint density at radius 3 is 2.46 bits per heavy atom. The summed E-state index contributed by atoms with van der Waals surface area (Å²) in [5.41, 5.74) is 7.69. The first kappa shape index (κ1) is 17.7. The minimum absolute atomic E-state index is 0.197. The Hall–Kier alpha value is -1.14. The Morgan fingerprint density at radius 1 is 1.21 bits per heavy atom. The number of pyridine rings is 1. The average molecular weight is 351 g/mol. The highest BCUT2D eigenvalue weighted by Gasteiger charge is 2.29. The molecule has 1 aromatic rings. The van der Waals surface area contributed by atoms with Crippen molar-refractivity contribution in [3.63, 3.8) is 0 Å². The van der Waals surface area contributed by atoms with E-state index < -0.39 is 8.07 Å². The topological polar surface area (TPSA) is 54.2 Å². The molecule has 0 bridgehead atoms. The molecule has 1 aromatic heterocycles. The van der Waals surface area contributed by atoms with Gasteiger partial charge < -0.3 is 16.0 Å². The Balaban J connectivity index is 1.69. The second-order valence-corrected chi connectivity index (χ2v) is 13.7. The van der Waals surface area contributed by atoms with Gasteiger partial charge in [0.1, 0.15) is 0 Å². The van der Waals surface area contributed by atoms with E-state index in [0.29, 0.717) is 17.9 Å². The quantitative estimate of drug-likeness (QED) is 0.816. The molecule has 0 aromatic carbocycles. The Kier molecular flexibility index (Phi) is 5.15. The number of rotatable bonds is 3. The molecule has 0 spiro atoms. The minimum Gasteiger partial charge on any atom is -0.381 e. The maximum Gasteiger partial charge on any atom is 0.167 e. The second-order valence-electron chi connectivity index (χ2n) is 8.33. The van der Waals surface area contributed by atoms with Crippen LogP contribution in [0.1, 0.15) is 31.4 Å². The van der Waals surface area contributed by atoms with Crippen LogP contribution in [0.5, 0.6) is 0 Å². The molecule has 2 aliphatic rings. The van der Waals surface area contributed by atoms with Crippen molar-refractivity contribution in [3.05, 3.63) is 17.6 Å². The number of hydrogen-bond donors (Lipinski definition) is 2. The van der Waals surface area contributed by atoms with Crippen molar-refractivity contribution in [1.29, 1.82) is 0 Å². The number of nitrogens with one attached hydrogen (secondary N) is 1. The summed E-state index contributed by atoms with van der Waals surface area (Å²) in [4.78, 5) is 6.73. The summed E-state index contributed by atoms with van der Waals surface area (Å²) in [6.45, 7) is 8.69. The fourth-order valence-corrected chi connectivity index (χ4v) is 5.74. The standard InChI is InChI=1S/C18H31FN4Si/c1-13-17(22-15-6-4-14(20)5-7-15)12-16(19)18(21-13)23-8-10-24(2,3)11-9-23/h12,14-15,22H,4-11,20H2,1-3H3. The lowest BCUT2D eigenvalue weighted by molar-refractivity contribution is 0.411. The number of halogens is 1. The molecular formula is C18H31FN4Si. The Bertz CT molecular complexity index is 575. The number of aromatic nitrogens is 1. The van der Waals surface area contributed by atoms with Gasteiger partial charge in [0.15, 0.2) is 11.6 Å². The van der Waals surface area contributed by atoms with E-state index >= 15 is 0 Å². The molecule has 1 aliphatic heterocycles. The molecule has 3 rings (SSSR count). The van der Waals surface area contributed by atoms with E-state index in [4.69, 9.17) is 5.73 Å². The lowest BCUT2D eigenvalue weighted by Crippen LogP contribution is -2.43. The monoisotopic (exact) mass is 350 g/mol. The van der Waals surface area contributed by atoms with Gasteiger partial charge in [0.2, 0.25) is 0 Å². The van der Waals surface area contributed by atoms with E-state index in [0.717, 1.165) is 50.2 Å². The van der Waals surface area contributed by atoms with Crippen LogP contribution in [0.2, 0.25) is 25.2 Å². The van der Waals surface area contributed by atoms with Gasteiger partial charge in [-0.3, -0.25) is 0 Å². The smallest absolute Gasteiger partial charge is 0.167 e. The van der Waals surface area contributed by atoms with Crippen LogP contribution < -0.4 is 16.0 Å². The molecule has 4 nitrogen and oxygen atoms in total. The van der Waals surface area contributed by atoms with Gasteiger partial charge in [-0.15, -0.1) is 0 Å². The Labute approximate surface area is 146 Å². The second kappa shape index (κ2) is 7.00. The fourth-order valence-electron chi connectivity index (χ4n) is 3.74. The lowest BCUT2D eigenvalue weighted by Gasteiger charge is -2.36. The predicted octanol–water partition coefficient (Wildman–Crippen LogP) is 3.74. The van der Waals surface area contributed by atoms with Crippen molar-refractivity contribution in [2.24, 2.45) is 5.73 Å². The van der Waals surface area contributed by atoms with E-state index in [1.54, 1.807) is 6.07 Å². The van der Waals surface area contributed by atoms with E-state index in [-0.39, 0.29) is 5.82 Å². The number of nitrogens with zero attached hydrogens (tertiary/aromatic N) is 2. The maximum absolute atomic E-state index is 14.7. The molecule has 0 atom stereocenters. The maximum atomic E-state index is 14.7. The molecular weight excluding hydrogens is 319 g/mol. The highest BCUT2D eigenvalue weighted by Crippen LogP contribution is 2.30. The van der Waals surface area contributed by atoms with Crippen LogP contribution in [-0.2, 0) is 0 Å². The first-order valence-electron chi connectivity index (χ1n) is 9.28. The largest absolute Gasteiger partial charge is 0.381 e. The summed E-state index contributed by atoms with van der Waals surface area (Å²) in [5.74, 6) is 0.338. The van der Waals surface area contributed by atoms with E-state index in [1.165, 1.54) is 12.1 Å². The summed E-state index contributed by atoms with van der Waals surface area (Å²) in [5, 5.41) is 3.48. The van der Waals surface area contributed by atoms with Gasteiger partial charge in [-0.25, -0.2) is 9.37 Å². The zero-order valence-corrected chi connectivity index (χ0v) is 16.2. The van der Waals surface area contributed by atoms with Gasteiger partial charge in [-0.1, -0.05) is 13.1 Å². The van der Waals surface area contributed by atoms with Crippen LogP contribution in [0.25, 0.3) is 0 Å². The number of hydrogen-bond acceptors (Lipinski definition) is 4. The average Bonchev–Trinajstić information content (AvgIpc) is 2.53. The summed E-state index contributed by atoms with van der Waals surface area (Å²) in [6.07, 6.45) is 4.18. The van der Waals surface area contributed by atoms with Crippen LogP contribution in [0, 0.1) is 12.7 Å². The number of anilines is 2. The predicted molar refractivity (Wildman–Crippen MR) is 102 cm³/mol. The highest BCUT2D eigenvalue weighted by atomic mass is 28.3. The molecule has 1 aliphatic carbocycles. The van der Waals surface area contributed by atoms with Crippen LogP contribution >= 0.6 is 0 Å². The van der Waals surface area contributed by atoms with Gasteiger partial charge in [0.25, 0.3) is 0 Å². The normalized spacial score (nSPS) is 27.1. The molecule has 0 amide bonds. The van der Waals surface area contributed by atoms with Crippen molar-refractivity contribution in [1.82, 2.24) is 4.98 Å². The van der Waals surface area contributed by atoms with Gasteiger partial charge in [-0.2, -0.15) is 0 Å². The van der Waals surface area contributed by atoms with Crippen LogP contribution in [0.15, 0.2) is 6.07 Å². The molecule has 134 valence electrons. The van der Waals surface area contributed by atoms with Crippen LogP contribution in [0.3, 0.4) is 0 Å². The first-order chi connectivity index (χ1) is 11.3. The first-order valence-corrected chi connectivity index (χ1v) is 12.7. The third kappa shape index (κ3) is 4.09. The fraction of sp³-hybridized carbons (Fsp3) is 0.722. The summed E-state index contributed by atoms with van der Waals surface area (Å²) in [6, 6.07) is 4.79. The molecule has 2 fully saturated rings. The van der Waals surface area contributed by atoms with Crippen molar-refractivity contribution in [3.8, 4) is 0 Å². The number of nitrogens with two attached hydrogens (primary N) is 1. The van der Waals surface area contributed by atoms with Gasteiger partial charge in [0.05, 0.1) is 19.5 Å². The summed E-state index contributed by atoms with van der Waals surface area (Å²) < 4.78 is 14.7. The molecule has 1 saturated carbocycles. The van der Waals surface area contributed by atoms with Crippen molar-refractivity contribution in [2.45, 2.75) is 69.9 Å². The lowest BCUT2D eigenvalue weighted by atomic mass is 9.91. The van der Waals surface area contributed by atoms with Gasteiger partial charge in [-0.05, 0) is 44.7 Å². The summed E-state index contributed by atoms with van der Waals surface area (Å²) >= 11 is 0. The van der Waals surface area contributed by atoms with E-state index in [1.807, 2.05) is 6.92 Å². The van der Waals surface area contributed by atoms with Crippen molar-refractivity contribution in [2.75, 3.05) is 23.3 Å². The molecule has 24 heavy (non-hydrogen) atoms.